The molecule has 0 aliphatic carbocycles. The quantitative estimate of drug-likeness (QED) is 0.695. The number of likely N-dealkylation sites (tertiary alicyclic amines) is 1. The van der Waals surface area contributed by atoms with E-state index < -0.39 is 17.5 Å². The van der Waals surface area contributed by atoms with E-state index in [1.54, 1.807) is 0 Å². The van der Waals surface area contributed by atoms with Crippen molar-refractivity contribution in [2.75, 3.05) is 13.1 Å². The minimum Gasteiger partial charge on any atom is -0.481 e. The first-order valence-electron chi connectivity index (χ1n) is 5.17. The van der Waals surface area contributed by atoms with E-state index in [-0.39, 0.29) is 32.4 Å². The van der Waals surface area contributed by atoms with E-state index in [0.717, 1.165) is 0 Å². The van der Waals surface area contributed by atoms with Gasteiger partial charge in [-0.1, -0.05) is 0 Å². The summed E-state index contributed by atoms with van der Waals surface area (Å²) in [5, 5.41) is 17.9. The Morgan fingerprint density at radius 1 is 1.25 bits per heavy atom. The van der Waals surface area contributed by atoms with Crippen LogP contribution in [0.3, 0.4) is 0 Å². The van der Waals surface area contributed by atoms with E-state index in [2.05, 4.69) is 0 Å². The fourth-order valence-corrected chi connectivity index (χ4v) is 2.03. The highest BCUT2D eigenvalue weighted by Crippen LogP contribution is 2.36. The van der Waals surface area contributed by atoms with Gasteiger partial charge < -0.3 is 19.9 Å². The van der Waals surface area contributed by atoms with Gasteiger partial charge in [0, 0.05) is 19.5 Å². The molecule has 0 aromatic carbocycles. The van der Waals surface area contributed by atoms with E-state index in [4.69, 9.17) is 10.2 Å². The molecule has 0 unspecified atom stereocenters. The van der Waals surface area contributed by atoms with Crippen LogP contribution in [-0.4, -0.2) is 46.6 Å². The molecule has 1 aliphatic rings. The number of carbonyl (C=O) groups excluding carboxylic acids is 1. The summed E-state index contributed by atoms with van der Waals surface area (Å²) in [6.07, 6.45) is 0.743. The van der Waals surface area contributed by atoms with E-state index in [0.29, 0.717) is 12.7 Å². The Labute approximate surface area is 92.9 Å². The van der Waals surface area contributed by atoms with Gasteiger partial charge in [-0.05, 0) is 19.3 Å². The van der Waals surface area contributed by atoms with Crippen molar-refractivity contribution in [3.63, 3.8) is 0 Å². The lowest BCUT2D eigenvalue weighted by molar-refractivity contribution is -0.152. The highest BCUT2D eigenvalue weighted by atomic mass is 16.4. The summed E-state index contributed by atoms with van der Waals surface area (Å²) < 4.78 is 0. The SMILES string of the molecule is O=CCCC1(C(=O)O)CCN(C(=O)O)CC1. The monoisotopic (exact) mass is 229 g/mol. The Kier molecular flexibility index (Phi) is 3.87. The van der Waals surface area contributed by atoms with Crippen molar-refractivity contribution in [1.82, 2.24) is 4.90 Å². The van der Waals surface area contributed by atoms with E-state index in [1.807, 2.05) is 0 Å². The Morgan fingerprint density at radius 2 is 1.81 bits per heavy atom. The van der Waals surface area contributed by atoms with Crippen LogP contribution in [0.4, 0.5) is 4.79 Å². The normalized spacial score (nSPS) is 19.1. The topological polar surface area (TPSA) is 94.9 Å². The number of hydrogen-bond acceptors (Lipinski definition) is 3. The van der Waals surface area contributed by atoms with Crippen LogP contribution in [0.5, 0.6) is 0 Å². The fraction of sp³-hybridized carbons (Fsp3) is 0.700. The number of carbonyl (C=O) groups is 3. The molecule has 0 spiro atoms. The van der Waals surface area contributed by atoms with Gasteiger partial charge in [0.05, 0.1) is 5.41 Å². The average molecular weight is 229 g/mol. The van der Waals surface area contributed by atoms with Crippen LogP contribution >= 0.6 is 0 Å². The lowest BCUT2D eigenvalue weighted by Gasteiger charge is -2.37. The van der Waals surface area contributed by atoms with Gasteiger partial charge >= 0.3 is 12.1 Å². The third-order valence-corrected chi connectivity index (χ3v) is 3.19. The molecule has 6 nitrogen and oxygen atoms in total. The second kappa shape index (κ2) is 4.96. The summed E-state index contributed by atoms with van der Waals surface area (Å²) >= 11 is 0. The first-order chi connectivity index (χ1) is 7.52. The van der Waals surface area contributed by atoms with Crippen LogP contribution in [-0.2, 0) is 9.59 Å². The summed E-state index contributed by atoms with van der Waals surface area (Å²) in [4.78, 5) is 33.3. The number of nitrogens with zero attached hydrogens (tertiary/aromatic N) is 1. The smallest absolute Gasteiger partial charge is 0.407 e. The van der Waals surface area contributed by atoms with Crippen LogP contribution in [0.1, 0.15) is 25.7 Å². The molecular weight excluding hydrogens is 214 g/mol. The molecule has 1 rings (SSSR count). The predicted octanol–water partition coefficient (Wildman–Crippen LogP) is 0.810. The molecule has 1 aliphatic heterocycles. The summed E-state index contributed by atoms with van der Waals surface area (Å²) in [6, 6.07) is 0. The molecule has 0 radical (unpaired) electrons. The van der Waals surface area contributed by atoms with Gasteiger partial charge in [0.25, 0.3) is 0 Å². The maximum atomic E-state index is 11.2. The zero-order valence-corrected chi connectivity index (χ0v) is 8.89. The molecule has 1 amide bonds. The summed E-state index contributed by atoms with van der Waals surface area (Å²) in [5.41, 5.74) is -0.924. The molecule has 0 aromatic heterocycles. The van der Waals surface area contributed by atoms with Crippen molar-refractivity contribution in [3.8, 4) is 0 Å². The Balaban J connectivity index is 2.65. The van der Waals surface area contributed by atoms with Gasteiger partial charge in [0.1, 0.15) is 6.29 Å². The zero-order chi connectivity index (χ0) is 12.2. The van der Waals surface area contributed by atoms with Gasteiger partial charge in [0.15, 0.2) is 0 Å². The summed E-state index contributed by atoms with van der Waals surface area (Å²) in [7, 11) is 0. The second-order valence-corrected chi connectivity index (χ2v) is 4.06. The van der Waals surface area contributed by atoms with Crippen LogP contribution in [0, 0.1) is 5.41 Å². The molecule has 6 heteroatoms. The molecule has 90 valence electrons. The molecule has 0 bridgehead atoms. The molecule has 16 heavy (non-hydrogen) atoms. The molecule has 1 fully saturated rings. The second-order valence-electron chi connectivity index (χ2n) is 4.06. The van der Waals surface area contributed by atoms with Crippen molar-refractivity contribution in [1.29, 1.82) is 0 Å². The summed E-state index contributed by atoms with van der Waals surface area (Å²) in [6.45, 7) is 0.445. The van der Waals surface area contributed by atoms with Crippen LogP contribution < -0.4 is 0 Å². The van der Waals surface area contributed by atoms with Gasteiger partial charge in [0.2, 0.25) is 0 Å². The van der Waals surface area contributed by atoms with Crippen LogP contribution in [0.15, 0.2) is 0 Å². The highest BCUT2D eigenvalue weighted by Gasteiger charge is 2.41. The minimum atomic E-state index is -1.02. The van der Waals surface area contributed by atoms with Crippen molar-refractivity contribution < 1.29 is 24.6 Å². The molecule has 1 saturated heterocycles. The fourth-order valence-electron chi connectivity index (χ4n) is 2.03. The average Bonchev–Trinajstić information content (AvgIpc) is 2.26. The van der Waals surface area contributed by atoms with E-state index in [9.17, 15) is 14.4 Å². The lowest BCUT2D eigenvalue weighted by Crippen LogP contribution is -2.46. The van der Waals surface area contributed by atoms with Crippen molar-refractivity contribution in [2.24, 2.45) is 5.41 Å². The number of piperidine rings is 1. The van der Waals surface area contributed by atoms with Gasteiger partial charge in [-0.3, -0.25) is 4.79 Å². The van der Waals surface area contributed by atoms with E-state index in [1.165, 1.54) is 4.90 Å². The van der Waals surface area contributed by atoms with Gasteiger partial charge in [-0.2, -0.15) is 0 Å². The Morgan fingerprint density at radius 3 is 2.19 bits per heavy atom. The van der Waals surface area contributed by atoms with Crippen LogP contribution in [0.2, 0.25) is 0 Å². The zero-order valence-electron chi connectivity index (χ0n) is 8.89. The third-order valence-electron chi connectivity index (χ3n) is 3.19. The third kappa shape index (κ3) is 2.50. The lowest BCUT2D eigenvalue weighted by atomic mass is 9.75. The van der Waals surface area contributed by atoms with Crippen molar-refractivity contribution >= 4 is 18.3 Å². The van der Waals surface area contributed by atoms with Crippen LogP contribution in [0.25, 0.3) is 0 Å². The summed E-state index contributed by atoms with van der Waals surface area (Å²) in [5.74, 6) is -0.931. The Bertz CT molecular complexity index is 294. The minimum absolute atomic E-state index is 0.208. The van der Waals surface area contributed by atoms with Crippen molar-refractivity contribution in [3.05, 3.63) is 0 Å². The first kappa shape index (κ1) is 12.5. The van der Waals surface area contributed by atoms with E-state index >= 15 is 0 Å². The maximum Gasteiger partial charge on any atom is 0.407 e. The number of amides is 1. The number of carboxylic acid groups (broad SMARTS) is 2. The van der Waals surface area contributed by atoms with Gasteiger partial charge in [-0.25, -0.2) is 4.79 Å². The predicted molar refractivity (Wildman–Crippen MR) is 54.2 cm³/mol. The highest BCUT2D eigenvalue weighted by molar-refractivity contribution is 5.76. The molecule has 0 saturated carbocycles. The Hall–Kier alpha value is -1.59. The largest absolute Gasteiger partial charge is 0.481 e. The number of carboxylic acids is 1. The molecule has 0 aromatic rings. The van der Waals surface area contributed by atoms with Crippen molar-refractivity contribution in [2.45, 2.75) is 25.7 Å². The number of rotatable bonds is 4. The molecular formula is C10H15NO5. The first-order valence-corrected chi connectivity index (χ1v) is 5.17. The number of aliphatic carboxylic acids is 1. The standard InChI is InChI=1S/C10H15NO5/c12-7-1-2-10(8(13)14)3-5-11(6-4-10)9(15)16/h7H,1-6H2,(H,13,14)(H,15,16). The number of aldehydes is 1. The molecule has 0 atom stereocenters. The number of hydrogen-bond donors (Lipinski definition) is 2. The molecule has 1 heterocycles. The van der Waals surface area contributed by atoms with Gasteiger partial charge in [-0.15, -0.1) is 0 Å². The maximum absolute atomic E-state index is 11.2. The molecule has 2 N–H and O–H groups in total.